The minimum absolute atomic E-state index is 0.152. The van der Waals surface area contributed by atoms with Crippen molar-refractivity contribution in [3.63, 3.8) is 0 Å². The molecule has 12 nitrogen and oxygen atoms in total. The van der Waals surface area contributed by atoms with Crippen LogP contribution in [-0.4, -0.2) is 62.3 Å². The van der Waals surface area contributed by atoms with Crippen LogP contribution < -0.4 is 10.6 Å². The Balaban J connectivity index is 2.35. The molecule has 0 saturated heterocycles. The summed E-state index contributed by atoms with van der Waals surface area (Å²) in [6, 6.07) is 7.00. The maximum atomic E-state index is 12.3. The quantitative estimate of drug-likeness (QED) is 0.249. The van der Waals surface area contributed by atoms with Crippen LogP contribution in [0.2, 0.25) is 0 Å². The van der Waals surface area contributed by atoms with Crippen molar-refractivity contribution in [2.75, 3.05) is 18.4 Å². The van der Waals surface area contributed by atoms with Crippen molar-refractivity contribution in [2.45, 2.75) is 52.7 Å². The average molecular weight is 475 g/mol. The molecule has 184 valence electrons. The molecule has 0 radical (unpaired) electrons. The Morgan fingerprint density at radius 1 is 1.21 bits per heavy atom. The van der Waals surface area contributed by atoms with Crippen molar-refractivity contribution in [1.29, 1.82) is 0 Å². The molecule has 34 heavy (non-hydrogen) atoms. The highest BCUT2D eigenvalue weighted by molar-refractivity contribution is 5.99. The zero-order valence-electron chi connectivity index (χ0n) is 20.1. The van der Waals surface area contributed by atoms with E-state index in [9.17, 15) is 24.8 Å². The van der Waals surface area contributed by atoms with Crippen molar-refractivity contribution in [1.82, 2.24) is 15.2 Å². The van der Waals surface area contributed by atoms with E-state index >= 15 is 0 Å². The van der Waals surface area contributed by atoms with Gasteiger partial charge in [-0.25, -0.2) is 14.6 Å². The van der Waals surface area contributed by atoms with E-state index in [-0.39, 0.29) is 24.7 Å². The van der Waals surface area contributed by atoms with Gasteiger partial charge in [0, 0.05) is 24.0 Å². The molecular weight excluding hydrogens is 444 g/mol. The van der Waals surface area contributed by atoms with Crippen LogP contribution in [0, 0.1) is 10.1 Å². The third-order valence-electron chi connectivity index (χ3n) is 4.46. The van der Waals surface area contributed by atoms with E-state index in [1.54, 1.807) is 49.9 Å². The van der Waals surface area contributed by atoms with Crippen LogP contribution in [0.5, 0.6) is 0 Å². The van der Waals surface area contributed by atoms with Crippen molar-refractivity contribution in [2.24, 2.45) is 4.99 Å². The minimum atomic E-state index is -1.40. The van der Waals surface area contributed by atoms with E-state index < -0.39 is 28.2 Å². The summed E-state index contributed by atoms with van der Waals surface area (Å²) in [6.07, 6.45) is -1.16. The number of hydrogen-bond acceptors (Lipinski definition) is 7. The predicted molar refractivity (Wildman–Crippen MR) is 128 cm³/mol. The van der Waals surface area contributed by atoms with Gasteiger partial charge in [0.2, 0.25) is 5.96 Å². The Labute approximate surface area is 197 Å². The topological polar surface area (TPSA) is 159 Å². The summed E-state index contributed by atoms with van der Waals surface area (Å²) in [6.45, 7) is 10.8. The predicted octanol–water partition coefficient (Wildman–Crippen LogP) is 4.21. The van der Waals surface area contributed by atoms with Gasteiger partial charge < -0.3 is 20.1 Å². The smallest absolute Gasteiger partial charge is 0.437 e. The molecule has 0 aliphatic carbocycles. The first-order valence-corrected chi connectivity index (χ1v) is 10.5. The Hall–Kier alpha value is -3.96. The van der Waals surface area contributed by atoms with Crippen LogP contribution in [0.15, 0.2) is 35.5 Å². The lowest BCUT2D eigenvalue weighted by molar-refractivity contribution is -0.384. The summed E-state index contributed by atoms with van der Waals surface area (Å²) in [5.41, 5.74) is -0.793. The summed E-state index contributed by atoms with van der Waals surface area (Å²) < 4.78 is 5.19. The van der Waals surface area contributed by atoms with Gasteiger partial charge in [0.15, 0.2) is 0 Å². The summed E-state index contributed by atoms with van der Waals surface area (Å²) >= 11 is 0. The molecule has 2 amide bonds. The first-order valence-electron chi connectivity index (χ1n) is 10.5. The fraction of sp³-hybridized carbons (Fsp3) is 0.455. The number of hydrogen-bond donors (Lipinski definition) is 3. The van der Waals surface area contributed by atoms with E-state index in [0.717, 1.165) is 0 Å². The van der Waals surface area contributed by atoms with E-state index in [1.165, 1.54) is 6.20 Å². The summed E-state index contributed by atoms with van der Waals surface area (Å²) in [4.78, 5) is 44.2. The normalized spacial score (nSPS) is 12.2. The van der Waals surface area contributed by atoms with Gasteiger partial charge >= 0.3 is 17.9 Å². The van der Waals surface area contributed by atoms with Crippen molar-refractivity contribution >= 4 is 40.4 Å². The van der Waals surface area contributed by atoms with E-state index in [4.69, 9.17) is 4.74 Å². The number of nitro groups is 1. The van der Waals surface area contributed by atoms with Gasteiger partial charge in [0.25, 0.3) is 0 Å². The van der Waals surface area contributed by atoms with E-state index in [1.807, 2.05) is 20.8 Å². The van der Waals surface area contributed by atoms with Gasteiger partial charge in [-0.05, 0) is 47.6 Å². The second kappa shape index (κ2) is 10.3. The zero-order chi connectivity index (χ0) is 25.7. The number of amides is 2. The van der Waals surface area contributed by atoms with Gasteiger partial charge in [-0.2, -0.15) is 0 Å². The number of anilines is 1. The lowest BCUT2D eigenvalue weighted by Gasteiger charge is -2.37. The van der Waals surface area contributed by atoms with Gasteiger partial charge in [0.05, 0.1) is 10.4 Å². The Bertz CT molecular complexity index is 1100. The standard InChI is InChI=1S/C22H30N6O6/c1-21(2,3)27(18(25-19(29)30)26-20(31)34-22(4,5)6)12-11-23-17-14-9-7-8-10-15(14)24-13-16(17)28(32)33/h7-10,13H,11-12H2,1-6H3,(H,23,24)(H,29,30)(H,25,26,31). The molecule has 0 atom stereocenters. The number of aromatic nitrogens is 1. The molecule has 0 aliphatic heterocycles. The SMILES string of the molecule is CC(C)(C)OC(=O)N=C(NC(=O)O)N(CCNc1c([N+](=O)[O-])cnc2ccccc12)C(C)(C)C. The average Bonchev–Trinajstić information content (AvgIpc) is 2.67. The van der Waals surface area contributed by atoms with E-state index in [2.05, 4.69) is 20.6 Å². The molecular formula is C22H30N6O6. The number of aliphatic imine (C=N–C) groups is 1. The lowest BCUT2D eigenvalue weighted by atomic mass is 10.1. The molecule has 2 rings (SSSR count). The summed E-state index contributed by atoms with van der Waals surface area (Å²) in [5, 5.41) is 26.7. The fourth-order valence-corrected chi connectivity index (χ4v) is 3.13. The van der Waals surface area contributed by atoms with Crippen molar-refractivity contribution < 1.29 is 24.4 Å². The maximum absolute atomic E-state index is 12.3. The molecule has 1 aromatic carbocycles. The van der Waals surface area contributed by atoms with Crippen LogP contribution >= 0.6 is 0 Å². The number of carboxylic acid groups (broad SMARTS) is 1. The monoisotopic (exact) mass is 474 g/mol. The molecule has 0 spiro atoms. The highest BCUT2D eigenvalue weighted by atomic mass is 16.6. The fourth-order valence-electron chi connectivity index (χ4n) is 3.13. The van der Waals surface area contributed by atoms with Gasteiger partial charge in [-0.15, -0.1) is 4.99 Å². The summed E-state index contributed by atoms with van der Waals surface area (Å²) in [5.74, 6) is -0.217. The van der Waals surface area contributed by atoms with Gasteiger partial charge in [-0.1, -0.05) is 18.2 Å². The van der Waals surface area contributed by atoms with Crippen LogP contribution in [-0.2, 0) is 4.74 Å². The molecule has 0 fully saturated rings. The highest BCUT2D eigenvalue weighted by Gasteiger charge is 2.28. The summed E-state index contributed by atoms with van der Waals surface area (Å²) in [7, 11) is 0. The Morgan fingerprint density at radius 3 is 2.41 bits per heavy atom. The number of guanidine groups is 1. The number of ether oxygens (including phenoxy) is 1. The molecule has 2 aromatic rings. The molecule has 0 unspecified atom stereocenters. The number of carbonyl (C=O) groups excluding carboxylic acids is 1. The Kier molecular flexibility index (Phi) is 7.98. The van der Waals surface area contributed by atoms with E-state index in [0.29, 0.717) is 16.6 Å². The minimum Gasteiger partial charge on any atom is -0.465 e. The largest absolute Gasteiger partial charge is 0.465 e. The number of nitrogens with one attached hydrogen (secondary N) is 2. The molecule has 0 aliphatic rings. The molecule has 1 aromatic heterocycles. The highest BCUT2D eigenvalue weighted by Crippen LogP contribution is 2.31. The number of pyridine rings is 1. The number of rotatable bonds is 5. The number of fused-ring (bicyclic) bond motifs is 1. The van der Waals surface area contributed by atoms with Crippen LogP contribution in [0.3, 0.4) is 0 Å². The van der Waals surface area contributed by atoms with Crippen LogP contribution in [0.25, 0.3) is 10.9 Å². The van der Waals surface area contributed by atoms with Crippen molar-refractivity contribution in [3.05, 3.63) is 40.6 Å². The van der Waals surface area contributed by atoms with Crippen LogP contribution in [0.1, 0.15) is 41.5 Å². The third-order valence-corrected chi connectivity index (χ3v) is 4.46. The number of benzene rings is 1. The van der Waals surface area contributed by atoms with Crippen molar-refractivity contribution in [3.8, 4) is 0 Å². The first kappa shape index (κ1) is 26.3. The third kappa shape index (κ3) is 7.29. The maximum Gasteiger partial charge on any atom is 0.437 e. The zero-order valence-corrected chi connectivity index (χ0v) is 20.1. The molecule has 3 N–H and O–H groups in total. The number of para-hydroxylation sites is 1. The molecule has 12 heteroatoms. The van der Waals surface area contributed by atoms with Gasteiger partial charge in [-0.3, -0.25) is 15.4 Å². The second-order valence-electron chi connectivity index (χ2n) is 9.39. The van der Waals surface area contributed by atoms with Gasteiger partial charge in [0.1, 0.15) is 17.5 Å². The second-order valence-corrected chi connectivity index (χ2v) is 9.39. The molecule has 0 saturated carbocycles. The first-order chi connectivity index (χ1) is 15.7. The Morgan fingerprint density at radius 2 is 1.85 bits per heavy atom. The number of carbonyl (C=O) groups is 2. The number of nitrogens with zero attached hydrogens (tertiary/aromatic N) is 4. The lowest BCUT2D eigenvalue weighted by Crippen LogP contribution is -2.54. The van der Waals surface area contributed by atoms with Crippen LogP contribution in [0.4, 0.5) is 21.0 Å². The molecule has 1 heterocycles. The molecule has 0 bridgehead atoms.